The Balaban J connectivity index is 1.41. The summed E-state index contributed by atoms with van der Waals surface area (Å²) in [7, 11) is 0. The molecule has 1 fully saturated rings. The normalized spacial score (nSPS) is 16.5. The van der Waals surface area contributed by atoms with Crippen molar-refractivity contribution >= 4 is 18.0 Å². The summed E-state index contributed by atoms with van der Waals surface area (Å²) in [4.78, 5) is 36.3. The molecule has 0 radical (unpaired) electrons. The maximum absolute atomic E-state index is 12.6. The highest BCUT2D eigenvalue weighted by Crippen LogP contribution is 2.44. The lowest BCUT2D eigenvalue weighted by atomic mass is 9.98. The molecule has 2 aromatic carbocycles. The number of benzene rings is 2. The number of carboxylic acids is 1. The van der Waals surface area contributed by atoms with Gasteiger partial charge in [-0.25, -0.2) is 9.59 Å². The molecule has 0 aliphatic heterocycles. The van der Waals surface area contributed by atoms with E-state index in [2.05, 4.69) is 22.8 Å². The zero-order valence-corrected chi connectivity index (χ0v) is 17.3. The minimum Gasteiger partial charge on any atom is -0.480 e. The highest BCUT2D eigenvalue weighted by atomic mass is 16.5. The maximum Gasteiger partial charge on any atom is 0.407 e. The van der Waals surface area contributed by atoms with E-state index in [1.165, 1.54) is 0 Å². The number of fused-ring (bicyclic) bond motifs is 3. The van der Waals surface area contributed by atoms with Crippen molar-refractivity contribution in [3.05, 3.63) is 59.7 Å². The van der Waals surface area contributed by atoms with Crippen LogP contribution in [0.1, 0.15) is 43.2 Å². The van der Waals surface area contributed by atoms with Crippen LogP contribution < -0.4 is 10.6 Å². The van der Waals surface area contributed by atoms with Gasteiger partial charge in [0.15, 0.2) is 0 Å². The smallest absolute Gasteiger partial charge is 0.407 e. The van der Waals surface area contributed by atoms with Crippen molar-refractivity contribution in [3.8, 4) is 11.1 Å². The van der Waals surface area contributed by atoms with Crippen LogP contribution in [0.2, 0.25) is 0 Å². The molecule has 0 bridgehead atoms. The number of carbonyl (C=O) groups excluding carboxylic acids is 2. The first kappa shape index (κ1) is 20.9. The van der Waals surface area contributed by atoms with Crippen molar-refractivity contribution in [2.75, 3.05) is 6.61 Å². The molecule has 3 N–H and O–H groups in total. The van der Waals surface area contributed by atoms with Gasteiger partial charge in [0.2, 0.25) is 5.91 Å². The van der Waals surface area contributed by atoms with Gasteiger partial charge in [0.05, 0.1) is 0 Å². The average Bonchev–Trinajstić information content (AvgIpc) is 3.56. The molecule has 4 rings (SSSR count). The highest BCUT2D eigenvalue weighted by Gasteiger charge is 2.39. The van der Waals surface area contributed by atoms with Crippen LogP contribution >= 0.6 is 0 Å². The lowest BCUT2D eigenvalue weighted by Crippen LogP contribution is -2.52. The van der Waals surface area contributed by atoms with Gasteiger partial charge in [0, 0.05) is 5.92 Å². The predicted molar refractivity (Wildman–Crippen MR) is 115 cm³/mol. The van der Waals surface area contributed by atoms with Crippen molar-refractivity contribution in [1.82, 2.24) is 10.6 Å². The van der Waals surface area contributed by atoms with E-state index in [0.29, 0.717) is 0 Å². The number of hydrogen-bond donors (Lipinski definition) is 3. The van der Waals surface area contributed by atoms with E-state index in [1.807, 2.05) is 36.4 Å². The number of aliphatic carboxylic acids is 1. The summed E-state index contributed by atoms with van der Waals surface area (Å²) < 4.78 is 5.53. The van der Waals surface area contributed by atoms with E-state index in [9.17, 15) is 19.5 Å². The second-order valence-electron chi connectivity index (χ2n) is 8.09. The largest absolute Gasteiger partial charge is 0.480 e. The highest BCUT2D eigenvalue weighted by molar-refractivity contribution is 5.89. The van der Waals surface area contributed by atoms with Crippen molar-refractivity contribution in [1.29, 1.82) is 0 Å². The Hall–Kier alpha value is -3.35. The van der Waals surface area contributed by atoms with Gasteiger partial charge in [-0.05, 0) is 47.4 Å². The van der Waals surface area contributed by atoms with Gasteiger partial charge in [-0.3, -0.25) is 4.79 Å². The first-order valence-electron chi connectivity index (χ1n) is 10.6. The second kappa shape index (κ2) is 8.79. The lowest BCUT2D eigenvalue weighted by Gasteiger charge is -2.21. The van der Waals surface area contributed by atoms with E-state index in [0.717, 1.165) is 35.1 Å². The van der Waals surface area contributed by atoms with Gasteiger partial charge >= 0.3 is 12.1 Å². The van der Waals surface area contributed by atoms with Gasteiger partial charge in [-0.2, -0.15) is 0 Å². The monoisotopic (exact) mass is 422 g/mol. The van der Waals surface area contributed by atoms with Crippen molar-refractivity contribution in [2.24, 2.45) is 5.92 Å². The molecule has 2 aliphatic carbocycles. The molecule has 2 amide bonds. The molecule has 162 valence electrons. The van der Waals surface area contributed by atoms with Gasteiger partial charge in [0.25, 0.3) is 0 Å². The van der Waals surface area contributed by atoms with Crippen LogP contribution in [0.4, 0.5) is 4.79 Å². The number of carboxylic acid groups (broad SMARTS) is 1. The summed E-state index contributed by atoms with van der Waals surface area (Å²) >= 11 is 0. The van der Waals surface area contributed by atoms with E-state index in [4.69, 9.17) is 4.74 Å². The molecule has 0 spiro atoms. The molecule has 7 heteroatoms. The second-order valence-corrected chi connectivity index (χ2v) is 8.09. The Morgan fingerprint density at radius 1 is 1.00 bits per heavy atom. The van der Waals surface area contributed by atoms with Crippen molar-refractivity contribution in [2.45, 2.75) is 44.2 Å². The third kappa shape index (κ3) is 4.40. The number of rotatable bonds is 8. The van der Waals surface area contributed by atoms with Crippen molar-refractivity contribution in [3.63, 3.8) is 0 Å². The fourth-order valence-electron chi connectivity index (χ4n) is 4.19. The molecule has 31 heavy (non-hydrogen) atoms. The minimum absolute atomic E-state index is 0.00628. The predicted octanol–water partition coefficient (Wildman–Crippen LogP) is 3.28. The number of alkyl carbamates (subject to hydrolysis) is 1. The zero-order chi connectivity index (χ0) is 22.0. The van der Waals surface area contributed by atoms with Crippen LogP contribution in [0.15, 0.2) is 48.5 Å². The molecular formula is C24H26N2O5. The molecule has 2 atom stereocenters. The number of amides is 2. The number of carbonyl (C=O) groups is 3. The first-order valence-corrected chi connectivity index (χ1v) is 10.6. The Kier molecular flexibility index (Phi) is 5.93. The average molecular weight is 422 g/mol. The topological polar surface area (TPSA) is 105 Å². The Labute approximate surface area is 180 Å². The van der Waals surface area contributed by atoms with E-state index in [-0.39, 0.29) is 24.9 Å². The lowest BCUT2D eigenvalue weighted by molar-refractivity contribution is -0.142. The van der Waals surface area contributed by atoms with Gasteiger partial charge in [-0.1, -0.05) is 55.5 Å². The number of hydrogen-bond acceptors (Lipinski definition) is 4. The first-order chi connectivity index (χ1) is 15.0. The SMILES string of the molecule is CC[C@@H](NC(=O)C(NC(=O)OCC1c2ccccc2-c2ccccc21)C1CC1)C(=O)O. The molecule has 0 aromatic heterocycles. The van der Waals surface area contributed by atoms with Crippen LogP contribution in [0, 0.1) is 5.92 Å². The van der Waals surface area contributed by atoms with Gasteiger partial charge in [0.1, 0.15) is 18.7 Å². The molecule has 7 nitrogen and oxygen atoms in total. The standard InChI is InChI=1S/C24H26N2O5/c1-2-20(23(28)29)25-22(27)21(14-11-12-14)26-24(30)31-13-19-17-9-5-3-7-15(17)16-8-4-6-10-18(16)19/h3-10,14,19-21H,2,11-13H2,1H3,(H,25,27)(H,26,30)(H,28,29)/t20-,21?/m1/s1. The maximum atomic E-state index is 12.6. The van der Waals surface area contributed by atoms with Crippen molar-refractivity contribution < 1.29 is 24.2 Å². The van der Waals surface area contributed by atoms with E-state index >= 15 is 0 Å². The third-order valence-corrected chi connectivity index (χ3v) is 6.02. The number of ether oxygens (including phenoxy) is 1. The summed E-state index contributed by atoms with van der Waals surface area (Å²) in [6.45, 7) is 1.84. The van der Waals surface area contributed by atoms with Gasteiger partial charge in [-0.15, -0.1) is 0 Å². The fourth-order valence-corrected chi connectivity index (χ4v) is 4.19. The fraction of sp³-hybridized carbons (Fsp3) is 0.375. The molecule has 2 aromatic rings. The van der Waals surface area contributed by atoms with Crippen LogP contribution in [0.5, 0.6) is 0 Å². The Bertz CT molecular complexity index is 955. The van der Waals surface area contributed by atoms with E-state index < -0.39 is 30.1 Å². The molecule has 2 aliphatic rings. The van der Waals surface area contributed by atoms with E-state index in [1.54, 1.807) is 6.92 Å². The third-order valence-electron chi connectivity index (χ3n) is 6.02. The van der Waals surface area contributed by atoms with Crippen LogP contribution in [-0.4, -0.2) is 41.8 Å². The summed E-state index contributed by atoms with van der Waals surface area (Å²) in [6, 6.07) is 14.4. The molecule has 0 heterocycles. The summed E-state index contributed by atoms with van der Waals surface area (Å²) in [5.41, 5.74) is 4.50. The quantitative estimate of drug-likeness (QED) is 0.606. The minimum atomic E-state index is -1.09. The summed E-state index contributed by atoms with van der Waals surface area (Å²) in [6.07, 6.45) is 1.22. The van der Waals surface area contributed by atoms with Gasteiger partial charge < -0.3 is 20.5 Å². The van der Waals surface area contributed by atoms with Crippen LogP contribution in [-0.2, 0) is 14.3 Å². The Morgan fingerprint density at radius 3 is 2.10 bits per heavy atom. The molecular weight excluding hydrogens is 396 g/mol. The number of nitrogens with one attached hydrogen (secondary N) is 2. The van der Waals surface area contributed by atoms with Crippen LogP contribution in [0.25, 0.3) is 11.1 Å². The zero-order valence-electron chi connectivity index (χ0n) is 17.3. The Morgan fingerprint density at radius 2 is 1.58 bits per heavy atom. The van der Waals surface area contributed by atoms with Crippen LogP contribution in [0.3, 0.4) is 0 Å². The molecule has 1 unspecified atom stereocenters. The summed E-state index contributed by atoms with van der Waals surface area (Å²) in [5, 5.41) is 14.3. The molecule has 0 saturated heterocycles. The molecule has 1 saturated carbocycles. The summed E-state index contributed by atoms with van der Waals surface area (Å²) in [5.74, 6) is -1.63.